The highest BCUT2D eigenvalue weighted by atomic mass is 32.2. The normalized spacial score (nSPS) is 12.4. The van der Waals surface area contributed by atoms with E-state index in [4.69, 9.17) is 0 Å². The fourth-order valence-electron chi connectivity index (χ4n) is 1.33. The summed E-state index contributed by atoms with van der Waals surface area (Å²) in [4.78, 5) is 12.0. The summed E-state index contributed by atoms with van der Waals surface area (Å²) in [7, 11) is 0. The minimum Gasteiger partial charge on any atom is -0.293 e. The molecule has 0 radical (unpaired) electrons. The Morgan fingerprint density at radius 2 is 2.22 bits per heavy atom. The van der Waals surface area contributed by atoms with E-state index in [2.05, 4.69) is 10.2 Å². The lowest BCUT2D eigenvalue weighted by atomic mass is 10.1. The standard InChI is InChI=1S/C11H8F2N2OS2/c1-6(18-11-15-14-5-17-11)10(16)8-3-2-7(12)4-9(8)13/h2-6H,1H3. The van der Waals surface area contributed by atoms with Gasteiger partial charge in [0.05, 0.1) is 10.8 Å². The average molecular weight is 286 g/mol. The summed E-state index contributed by atoms with van der Waals surface area (Å²) in [5, 5.41) is 6.94. The predicted octanol–water partition coefficient (Wildman–Crippen LogP) is 3.18. The van der Waals surface area contributed by atoms with Crippen LogP contribution in [0.15, 0.2) is 28.0 Å². The zero-order chi connectivity index (χ0) is 13.1. The van der Waals surface area contributed by atoms with Gasteiger partial charge < -0.3 is 0 Å². The Bertz CT molecular complexity index is 560. The van der Waals surface area contributed by atoms with Gasteiger partial charge in [-0.05, 0) is 19.1 Å². The highest BCUT2D eigenvalue weighted by molar-refractivity contribution is 8.02. The minimum atomic E-state index is -0.843. The van der Waals surface area contributed by atoms with Crippen molar-refractivity contribution in [1.29, 1.82) is 0 Å². The molecule has 1 aromatic carbocycles. The largest absolute Gasteiger partial charge is 0.293 e. The maximum Gasteiger partial charge on any atom is 0.178 e. The highest BCUT2D eigenvalue weighted by Gasteiger charge is 2.21. The molecule has 1 atom stereocenters. The third kappa shape index (κ3) is 2.91. The summed E-state index contributed by atoms with van der Waals surface area (Å²) in [5.41, 5.74) is 1.44. The lowest BCUT2D eigenvalue weighted by Crippen LogP contribution is -2.15. The molecule has 1 aromatic heterocycles. The molecule has 0 saturated heterocycles. The van der Waals surface area contributed by atoms with Gasteiger partial charge in [0.1, 0.15) is 17.1 Å². The summed E-state index contributed by atoms with van der Waals surface area (Å²) >= 11 is 2.51. The number of aromatic nitrogens is 2. The fourth-order valence-corrected chi connectivity index (χ4v) is 3.02. The van der Waals surface area contributed by atoms with E-state index < -0.39 is 22.7 Å². The van der Waals surface area contributed by atoms with Crippen molar-refractivity contribution in [2.24, 2.45) is 0 Å². The van der Waals surface area contributed by atoms with Crippen LogP contribution in [0.4, 0.5) is 8.78 Å². The smallest absolute Gasteiger partial charge is 0.178 e. The first-order valence-corrected chi connectivity index (χ1v) is 6.76. The molecule has 7 heteroatoms. The second-order valence-corrected chi connectivity index (χ2v) is 5.87. The Balaban J connectivity index is 2.15. The van der Waals surface area contributed by atoms with Crippen LogP contribution in [0.1, 0.15) is 17.3 Å². The highest BCUT2D eigenvalue weighted by Crippen LogP contribution is 2.27. The Morgan fingerprint density at radius 3 is 2.83 bits per heavy atom. The lowest BCUT2D eigenvalue weighted by Gasteiger charge is -2.08. The Kier molecular flexibility index (Phi) is 4.03. The van der Waals surface area contributed by atoms with Crippen LogP contribution in [0.25, 0.3) is 0 Å². The molecule has 1 heterocycles. The third-order valence-corrected chi connectivity index (χ3v) is 4.09. The number of rotatable bonds is 4. The number of ketones is 1. The lowest BCUT2D eigenvalue weighted by molar-refractivity contribution is 0.0990. The number of carbonyl (C=O) groups is 1. The number of hydrogen-bond acceptors (Lipinski definition) is 5. The van der Waals surface area contributed by atoms with E-state index in [1.807, 2.05) is 0 Å². The van der Waals surface area contributed by atoms with Crippen molar-refractivity contribution in [1.82, 2.24) is 10.2 Å². The first kappa shape index (κ1) is 13.1. The summed E-state index contributed by atoms with van der Waals surface area (Å²) in [6.45, 7) is 1.65. The second-order valence-electron chi connectivity index (χ2n) is 3.45. The maximum absolute atomic E-state index is 13.4. The van der Waals surface area contributed by atoms with Crippen molar-refractivity contribution in [2.45, 2.75) is 16.5 Å². The summed E-state index contributed by atoms with van der Waals surface area (Å²) in [5.74, 6) is -1.94. The molecule has 0 aliphatic rings. The Labute approximate surface area is 110 Å². The molecular formula is C11H8F2N2OS2. The van der Waals surface area contributed by atoms with E-state index in [1.165, 1.54) is 23.1 Å². The predicted molar refractivity (Wildman–Crippen MR) is 65.9 cm³/mol. The quantitative estimate of drug-likeness (QED) is 0.639. The molecule has 0 aliphatic carbocycles. The molecule has 1 unspecified atom stereocenters. The van der Waals surface area contributed by atoms with Gasteiger partial charge in [0.2, 0.25) is 0 Å². The van der Waals surface area contributed by atoms with Gasteiger partial charge >= 0.3 is 0 Å². The average Bonchev–Trinajstić information content (AvgIpc) is 2.81. The zero-order valence-corrected chi connectivity index (χ0v) is 10.9. The summed E-state index contributed by atoms with van der Waals surface area (Å²) in [6, 6.07) is 2.93. The van der Waals surface area contributed by atoms with E-state index in [-0.39, 0.29) is 5.56 Å². The molecule has 0 N–H and O–H groups in total. The van der Waals surface area contributed by atoms with Crippen molar-refractivity contribution in [2.75, 3.05) is 0 Å². The monoisotopic (exact) mass is 286 g/mol. The number of carbonyl (C=O) groups excluding carboxylic acids is 1. The van der Waals surface area contributed by atoms with Crippen LogP contribution < -0.4 is 0 Å². The Morgan fingerprint density at radius 1 is 1.44 bits per heavy atom. The van der Waals surface area contributed by atoms with Gasteiger partial charge in [-0.1, -0.05) is 23.1 Å². The SMILES string of the molecule is CC(Sc1nncs1)C(=O)c1ccc(F)cc1F. The minimum absolute atomic E-state index is 0.110. The molecule has 3 nitrogen and oxygen atoms in total. The number of benzene rings is 1. The second kappa shape index (κ2) is 5.53. The van der Waals surface area contributed by atoms with Gasteiger partial charge in [-0.2, -0.15) is 0 Å². The molecule has 0 amide bonds. The van der Waals surface area contributed by atoms with Crippen LogP contribution in [0.5, 0.6) is 0 Å². The van der Waals surface area contributed by atoms with Crippen LogP contribution in [0, 0.1) is 11.6 Å². The van der Waals surface area contributed by atoms with Crippen LogP contribution >= 0.6 is 23.1 Å². The van der Waals surface area contributed by atoms with Gasteiger partial charge in [-0.3, -0.25) is 4.79 Å². The van der Waals surface area contributed by atoms with Gasteiger partial charge in [-0.25, -0.2) is 8.78 Å². The van der Waals surface area contributed by atoms with E-state index in [0.717, 1.165) is 12.1 Å². The molecule has 18 heavy (non-hydrogen) atoms. The first-order valence-electron chi connectivity index (χ1n) is 5.00. The molecular weight excluding hydrogens is 278 g/mol. The van der Waals surface area contributed by atoms with Crippen molar-refractivity contribution in [3.8, 4) is 0 Å². The molecule has 0 spiro atoms. The number of thioether (sulfide) groups is 1. The first-order chi connectivity index (χ1) is 8.58. The van der Waals surface area contributed by atoms with Crippen molar-refractivity contribution < 1.29 is 13.6 Å². The van der Waals surface area contributed by atoms with Crippen molar-refractivity contribution in [3.05, 3.63) is 40.9 Å². The van der Waals surface area contributed by atoms with Crippen LogP contribution in [0.3, 0.4) is 0 Å². The fraction of sp³-hybridized carbons (Fsp3) is 0.182. The zero-order valence-electron chi connectivity index (χ0n) is 9.26. The molecule has 2 aromatic rings. The van der Waals surface area contributed by atoms with Crippen LogP contribution in [-0.2, 0) is 0 Å². The van der Waals surface area contributed by atoms with E-state index in [0.29, 0.717) is 10.4 Å². The molecule has 0 saturated carbocycles. The number of hydrogen-bond donors (Lipinski definition) is 0. The summed E-state index contributed by atoms with van der Waals surface area (Å²) in [6.07, 6.45) is 0. The van der Waals surface area contributed by atoms with Gasteiger partial charge in [0.15, 0.2) is 10.1 Å². The van der Waals surface area contributed by atoms with Gasteiger partial charge in [0, 0.05) is 6.07 Å². The Hall–Kier alpha value is -1.34. The molecule has 0 bridgehead atoms. The molecule has 2 rings (SSSR count). The topological polar surface area (TPSA) is 42.9 Å². The van der Waals surface area contributed by atoms with Gasteiger partial charge in [-0.15, -0.1) is 10.2 Å². The number of halogens is 2. The summed E-state index contributed by atoms with van der Waals surface area (Å²) < 4.78 is 26.8. The molecule has 94 valence electrons. The van der Waals surface area contributed by atoms with Crippen LogP contribution in [-0.4, -0.2) is 21.2 Å². The molecule has 0 aliphatic heterocycles. The van der Waals surface area contributed by atoms with Gasteiger partial charge in [0.25, 0.3) is 0 Å². The number of nitrogens with zero attached hydrogens (tertiary/aromatic N) is 2. The molecule has 0 fully saturated rings. The van der Waals surface area contributed by atoms with E-state index in [9.17, 15) is 13.6 Å². The third-order valence-electron chi connectivity index (χ3n) is 2.18. The van der Waals surface area contributed by atoms with Crippen molar-refractivity contribution in [3.63, 3.8) is 0 Å². The van der Waals surface area contributed by atoms with Crippen molar-refractivity contribution >= 4 is 28.9 Å². The van der Waals surface area contributed by atoms with Crippen LogP contribution in [0.2, 0.25) is 0 Å². The number of Topliss-reactive ketones (excluding diaryl/α,β-unsaturated/α-hetero) is 1. The maximum atomic E-state index is 13.4. The van der Waals surface area contributed by atoms with E-state index >= 15 is 0 Å². The van der Waals surface area contributed by atoms with E-state index in [1.54, 1.807) is 12.4 Å².